The zero-order valence-corrected chi connectivity index (χ0v) is 8.45. The summed E-state index contributed by atoms with van der Waals surface area (Å²) < 4.78 is 0. The summed E-state index contributed by atoms with van der Waals surface area (Å²) in [6.45, 7) is 8.01. The van der Waals surface area contributed by atoms with E-state index in [1.807, 2.05) is 0 Å². The number of piperidine rings is 1. The maximum Gasteiger partial charge on any atom is 0.0277 e. The first kappa shape index (κ1) is 10.0. The molecule has 1 fully saturated rings. The molecule has 0 saturated carbocycles. The average Bonchev–Trinajstić information content (AvgIpc) is 2.06. The summed E-state index contributed by atoms with van der Waals surface area (Å²) in [4.78, 5) is 0. The lowest BCUT2D eigenvalue weighted by Crippen LogP contribution is -2.52. The molecule has 2 heteroatoms. The van der Waals surface area contributed by atoms with Crippen molar-refractivity contribution in [1.29, 1.82) is 0 Å². The van der Waals surface area contributed by atoms with Crippen molar-refractivity contribution in [3.63, 3.8) is 0 Å². The molecule has 0 spiro atoms. The zero-order chi connectivity index (χ0) is 8.86. The van der Waals surface area contributed by atoms with Gasteiger partial charge >= 0.3 is 0 Å². The van der Waals surface area contributed by atoms with Gasteiger partial charge in [-0.25, -0.2) is 0 Å². The van der Waals surface area contributed by atoms with Gasteiger partial charge in [0, 0.05) is 12.1 Å². The second-order valence-electron chi connectivity index (χ2n) is 4.12. The highest BCUT2D eigenvalue weighted by molar-refractivity contribution is 4.88. The van der Waals surface area contributed by atoms with Crippen molar-refractivity contribution in [3.05, 3.63) is 0 Å². The Bertz CT molecular complexity index is 117. The molecule has 1 saturated heterocycles. The summed E-state index contributed by atoms with van der Waals surface area (Å²) in [5.41, 5.74) is 0.368. The van der Waals surface area contributed by atoms with Crippen molar-refractivity contribution in [2.75, 3.05) is 19.6 Å². The number of hydrogen-bond donors (Lipinski definition) is 2. The molecule has 1 aliphatic heterocycles. The molecule has 0 aromatic carbocycles. The quantitative estimate of drug-likeness (QED) is 0.625. The van der Waals surface area contributed by atoms with Crippen molar-refractivity contribution >= 4 is 0 Å². The minimum Gasteiger partial charge on any atom is -0.315 e. The Morgan fingerprint density at radius 1 is 1.42 bits per heavy atom. The van der Waals surface area contributed by atoms with Gasteiger partial charge in [0.05, 0.1) is 0 Å². The molecule has 72 valence electrons. The molecule has 1 atom stereocenters. The third kappa shape index (κ3) is 3.11. The first-order valence-corrected chi connectivity index (χ1v) is 5.22. The molecule has 0 aromatic heterocycles. The van der Waals surface area contributed by atoms with Gasteiger partial charge in [0.2, 0.25) is 0 Å². The number of rotatable bonds is 4. The third-order valence-corrected chi connectivity index (χ3v) is 2.65. The van der Waals surface area contributed by atoms with Gasteiger partial charge in [-0.2, -0.15) is 0 Å². The first-order valence-electron chi connectivity index (χ1n) is 5.22. The molecule has 0 aliphatic carbocycles. The Kier molecular flexibility index (Phi) is 4.02. The summed E-state index contributed by atoms with van der Waals surface area (Å²) in [5.74, 6) is 0. The molecular weight excluding hydrogens is 148 g/mol. The van der Waals surface area contributed by atoms with Crippen LogP contribution in [0.25, 0.3) is 0 Å². The Morgan fingerprint density at radius 3 is 2.83 bits per heavy atom. The van der Waals surface area contributed by atoms with Crippen LogP contribution in [0.2, 0.25) is 0 Å². The fourth-order valence-corrected chi connectivity index (χ4v) is 1.81. The molecular formula is C10H22N2. The van der Waals surface area contributed by atoms with Crippen molar-refractivity contribution < 1.29 is 0 Å². The lowest BCUT2D eigenvalue weighted by Gasteiger charge is -2.35. The van der Waals surface area contributed by atoms with Crippen LogP contribution in [0.4, 0.5) is 0 Å². The molecule has 1 unspecified atom stereocenters. The van der Waals surface area contributed by atoms with E-state index in [2.05, 4.69) is 24.5 Å². The Hall–Kier alpha value is -0.0800. The van der Waals surface area contributed by atoms with E-state index in [4.69, 9.17) is 0 Å². The summed E-state index contributed by atoms with van der Waals surface area (Å²) in [6, 6.07) is 0. The van der Waals surface area contributed by atoms with Gasteiger partial charge in [0.15, 0.2) is 0 Å². The first-order chi connectivity index (χ1) is 5.77. The molecule has 12 heavy (non-hydrogen) atoms. The molecule has 1 rings (SSSR count). The van der Waals surface area contributed by atoms with E-state index >= 15 is 0 Å². The predicted octanol–water partition coefficient (Wildman–Crippen LogP) is 1.52. The van der Waals surface area contributed by atoms with Gasteiger partial charge in [0.25, 0.3) is 0 Å². The van der Waals surface area contributed by atoms with E-state index in [-0.39, 0.29) is 0 Å². The van der Waals surface area contributed by atoms with Crippen molar-refractivity contribution in [2.45, 2.75) is 45.1 Å². The van der Waals surface area contributed by atoms with Gasteiger partial charge in [0.1, 0.15) is 0 Å². The number of hydrogen-bond acceptors (Lipinski definition) is 2. The van der Waals surface area contributed by atoms with Crippen molar-refractivity contribution in [2.24, 2.45) is 0 Å². The van der Waals surface area contributed by atoms with E-state index in [1.165, 1.54) is 32.2 Å². The standard InChI is InChI=1S/C10H22N2/c1-3-7-11-9-10(2)6-4-5-8-12-10/h11-12H,3-9H2,1-2H3. The van der Waals surface area contributed by atoms with E-state index in [0.717, 1.165) is 13.1 Å². The smallest absolute Gasteiger partial charge is 0.0277 e. The van der Waals surface area contributed by atoms with Gasteiger partial charge in [-0.1, -0.05) is 13.3 Å². The lowest BCUT2D eigenvalue weighted by atomic mass is 9.91. The van der Waals surface area contributed by atoms with Gasteiger partial charge in [-0.15, -0.1) is 0 Å². The van der Waals surface area contributed by atoms with Gasteiger partial charge in [-0.05, 0) is 39.3 Å². The molecule has 2 nitrogen and oxygen atoms in total. The predicted molar refractivity (Wildman–Crippen MR) is 53.4 cm³/mol. The topological polar surface area (TPSA) is 24.1 Å². The maximum absolute atomic E-state index is 3.59. The Balaban J connectivity index is 2.17. The molecule has 1 aliphatic rings. The van der Waals surface area contributed by atoms with Crippen LogP contribution >= 0.6 is 0 Å². The number of nitrogens with one attached hydrogen (secondary N) is 2. The van der Waals surface area contributed by atoms with Crippen LogP contribution in [-0.4, -0.2) is 25.2 Å². The Morgan fingerprint density at radius 2 is 2.25 bits per heavy atom. The van der Waals surface area contributed by atoms with Crippen LogP contribution in [0.5, 0.6) is 0 Å². The maximum atomic E-state index is 3.59. The van der Waals surface area contributed by atoms with Crippen LogP contribution in [0.15, 0.2) is 0 Å². The monoisotopic (exact) mass is 170 g/mol. The minimum atomic E-state index is 0.368. The molecule has 0 bridgehead atoms. The second kappa shape index (κ2) is 4.83. The second-order valence-corrected chi connectivity index (χ2v) is 4.12. The fourth-order valence-electron chi connectivity index (χ4n) is 1.81. The largest absolute Gasteiger partial charge is 0.315 e. The normalized spacial score (nSPS) is 30.5. The van der Waals surface area contributed by atoms with Crippen LogP contribution in [0.1, 0.15) is 39.5 Å². The van der Waals surface area contributed by atoms with E-state index < -0.39 is 0 Å². The van der Waals surface area contributed by atoms with Crippen LogP contribution in [-0.2, 0) is 0 Å². The molecule has 0 radical (unpaired) electrons. The van der Waals surface area contributed by atoms with Crippen LogP contribution in [0.3, 0.4) is 0 Å². The minimum absolute atomic E-state index is 0.368. The molecule has 0 amide bonds. The molecule has 1 heterocycles. The van der Waals surface area contributed by atoms with E-state index in [9.17, 15) is 0 Å². The van der Waals surface area contributed by atoms with Crippen LogP contribution < -0.4 is 10.6 Å². The van der Waals surface area contributed by atoms with Gasteiger partial charge in [-0.3, -0.25) is 0 Å². The summed E-state index contributed by atoms with van der Waals surface area (Å²) in [7, 11) is 0. The zero-order valence-electron chi connectivity index (χ0n) is 8.45. The highest BCUT2D eigenvalue weighted by Crippen LogP contribution is 2.17. The van der Waals surface area contributed by atoms with Gasteiger partial charge < -0.3 is 10.6 Å². The highest BCUT2D eigenvalue weighted by Gasteiger charge is 2.24. The van der Waals surface area contributed by atoms with Crippen molar-refractivity contribution in [1.82, 2.24) is 10.6 Å². The van der Waals surface area contributed by atoms with E-state index in [0.29, 0.717) is 5.54 Å². The molecule has 0 aromatic rings. The molecule has 2 N–H and O–H groups in total. The summed E-state index contributed by atoms with van der Waals surface area (Å²) in [6.07, 6.45) is 5.29. The highest BCUT2D eigenvalue weighted by atomic mass is 15.0. The fraction of sp³-hybridized carbons (Fsp3) is 1.00. The summed E-state index contributed by atoms with van der Waals surface area (Å²) >= 11 is 0. The third-order valence-electron chi connectivity index (χ3n) is 2.65. The van der Waals surface area contributed by atoms with E-state index in [1.54, 1.807) is 0 Å². The SMILES string of the molecule is CCCNCC1(C)CCCCN1. The van der Waals surface area contributed by atoms with Crippen molar-refractivity contribution in [3.8, 4) is 0 Å². The average molecular weight is 170 g/mol. The lowest BCUT2D eigenvalue weighted by molar-refractivity contribution is 0.267. The summed E-state index contributed by atoms with van der Waals surface area (Å²) in [5, 5.41) is 7.07. The van der Waals surface area contributed by atoms with Crippen LogP contribution in [0, 0.1) is 0 Å². The Labute approximate surface area is 76.1 Å².